The Morgan fingerprint density at radius 2 is 2.15 bits per heavy atom. The minimum absolute atomic E-state index is 0.210. The molecule has 0 radical (unpaired) electrons. The average molecular weight is 185 g/mol. The molecule has 2 N–H and O–H groups in total. The molecule has 3 aliphatic rings. The van der Waals surface area contributed by atoms with E-state index in [4.69, 9.17) is 5.73 Å². The van der Waals surface area contributed by atoms with Crippen LogP contribution in [-0.4, -0.2) is 12.7 Å². The summed E-state index contributed by atoms with van der Waals surface area (Å²) in [4.78, 5) is 0. The van der Waals surface area contributed by atoms with Crippen molar-refractivity contribution in [1.29, 1.82) is 0 Å². The van der Waals surface area contributed by atoms with Gasteiger partial charge in [-0.25, -0.2) is 4.39 Å². The minimum atomic E-state index is -0.759. The lowest BCUT2D eigenvalue weighted by Crippen LogP contribution is -2.55. The Labute approximate surface area is 79.9 Å². The Balaban J connectivity index is 2.07. The second-order valence-electron chi connectivity index (χ2n) is 5.35. The van der Waals surface area contributed by atoms with Crippen LogP contribution in [0.25, 0.3) is 0 Å². The molecule has 2 bridgehead atoms. The summed E-state index contributed by atoms with van der Waals surface area (Å²) in [5.74, 6) is 1.72. The van der Waals surface area contributed by atoms with Gasteiger partial charge < -0.3 is 5.73 Å². The first kappa shape index (κ1) is 9.45. The number of rotatable bonds is 2. The van der Waals surface area contributed by atoms with Crippen LogP contribution in [0.15, 0.2) is 0 Å². The van der Waals surface area contributed by atoms with Gasteiger partial charge in [0.15, 0.2) is 0 Å². The van der Waals surface area contributed by atoms with E-state index in [0.29, 0.717) is 11.3 Å². The molecule has 0 aromatic rings. The number of hydrogen-bond acceptors (Lipinski definition) is 1. The molecule has 13 heavy (non-hydrogen) atoms. The zero-order valence-electron chi connectivity index (χ0n) is 8.59. The summed E-state index contributed by atoms with van der Waals surface area (Å²) in [7, 11) is 0. The quantitative estimate of drug-likeness (QED) is 0.702. The highest BCUT2D eigenvalue weighted by atomic mass is 19.1. The summed E-state index contributed by atoms with van der Waals surface area (Å²) in [6.45, 7) is 4.80. The number of halogens is 1. The normalized spacial score (nSPS) is 43.8. The van der Waals surface area contributed by atoms with Crippen LogP contribution in [0.5, 0.6) is 0 Å². The molecule has 3 aliphatic carbocycles. The van der Waals surface area contributed by atoms with Crippen LogP contribution in [0, 0.1) is 23.2 Å². The fraction of sp³-hybridized carbons (Fsp3) is 1.00. The van der Waals surface area contributed by atoms with Gasteiger partial charge in [0.25, 0.3) is 0 Å². The lowest BCUT2D eigenvalue weighted by molar-refractivity contribution is -0.123. The van der Waals surface area contributed by atoms with Crippen LogP contribution in [-0.2, 0) is 0 Å². The van der Waals surface area contributed by atoms with Crippen molar-refractivity contribution in [2.75, 3.05) is 6.54 Å². The van der Waals surface area contributed by atoms with Gasteiger partial charge >= 0.3 is 0 Å². The predicted molar refractivity (Wildman–Crippen MR) is 52.1 cm³/mol. The van der Waals surface area contributed by atoms with Crippen molar-refractivity contribution in [3.05, 3.63) is 0 Å². The summed E-state index contributed by atoms with van der Waals surface area (Å²) >= 11 is 0. The first-order valence-corrected chi connectivity index (χ1v) is 5.41. The maximum atomic E-state index is 13.5. The molecule has 0 saturated heterocycles. The second-order valence-corrected chi connectivity index (χ2v) is 5.35. The Kier molecular flexibility index (Phi) is 2.14. The van der Waals surface area contributed by atoms with Crippen molar-refractivity contribution in [3.8, 4) is 0 Å². The van der Waals surface area contributed by atoms with E-state index in [1.165, 1.54) is 12.8 Å². The largest absolute Gasteiger partial charge is 0.328 e. The monoisotopic (exact) mass is 185 g/mol. The van der Waals surface area contributed by atoms with E-state index in [-0.39, 0.29) is 12.5 Å². The SMILES string of the molecule is CC1(C)C2CCC(C(F)CN)C1C2. The molecule has 0 spiro atoms. The van der Waals surface area contributed by atoms with Gasteiger partial charge in [-0.05, 0) is 42.4 Å². The lowest BCUT2D eigenvalue weighted by Gasteiger charge is -2.60. The van der Waals surface area contributed by atoms with Gasteiger partial charge in [-0.15, -0.1) is 0 Å². The Morgan fingerprint density at radius 3 is 2.62 bits per heavy atom. The minimum Gasteiger partial charge on any atom is -0.328 e. The zero-order chi connectivity index (χ0) is 9.64. The molecule has 0 aromatic heterocycles. The highest BCUT2D eigenvalue weighted by molar-refractivity contribution is 5.04. The Morgan fingerprint density at radius 1 is 1.46 bits per heavy atom. The van der Waals surface area contributed by atoms with Crippen molar-refractivity contribution in [2.45, 2.75) is 39.3 Å². The molecule has 0 amide bonds. The summed E-state index contributed by atoms with van der Waals surface area (Å²) < 4.78 is 13.5. The van der Waals surface area contributed by atoms with E-state index in [2.05, 4.69) is 13.8 Å². The maximum Gasteiger partial charge on any atom is 0.115 e. The Bertz CT molecular complexity index is 200. The van der Waals surface area contributed by atoms with Gasteiger partial charge in [-0.2, -0.15) is 0 Å². The highest BCUT2D eigenvalue weighted by Crippen LogP contribution is 2.62. The van der Waals surface area contributed by atoms with Crippen LogP contribution in [0.2, 0.25) is 0 Å². The molecule has 0 aromatic carbocycles. The van der Waals surface area contributed by atoms with Crippen LogP contribution in [0.4, 0.5) is 4.39 Å². The maximum absolute atomic E-state index is 13.5. The van der Waals surface area contributed by atoms with Crippen LogP contribution >= 0.6 is 0 Å². The summed E-state index contributed by atoms with van der Waals surface area (Å²) in [5, 5.41) is 0. The van der Waals surface area contributed by atoms with Gasteiger partial charge in [-0.1, -0.05) is 13.8 Å². The smallest absolute Gasteiger partial charge is 0.115 e. The van der Waals surface area contributed by atoms with Crippen molar-refractivity contribution in [3.63, 3.8) is 0 Å². The van der Waals surface area contributed by atoms with E-state index in [0.717, 1.165) is 12.3 Å². The fourth-order valence-electron chi connectivity index (χ4n) is 3.48. The van der Waals surface area contributed by atoms with Crippen LogP contribution in [0.1, 0.15) is 33.1 Å². The molecule has 3 fully saturated rings. The molecule has 3 saturated carbocycles. The van der Waals surface area contributed by atoms with Gasteiger partial charge in [0.1, 0.15) is 6.17 Å². The molecule has 0 heterocycles. The molecule has 4 atom stereocenters. The third-order valence-corrected chi connectivity index (χ3v) is 4.60. The summed E-state index contributed by atoms with van der Waals surface area (Å²) in [6, 6.07) is 0. The van der Waals surface area contributed by atoms with E-state index >= 15 is 0 Å². The third-order valence-electron chi connectivity index (χ3n) is 4.60. The standard InChI is InChI=1S/C11H20FN/c1-11(2)7-3-4-8(9(11)5-7)10(12)6-13/h7-10H,3-6,13H2,1-2H3. The molecular weight excluding hydrogens is 165 g/mol. The third kappa shape index (κ3) is 1.22. The molecule has 3 rings (SSSR count). The molecule has 0 aliphatic heterocycles. The first-order valence-electron chi connectivity index (χ1n) is 5.41. The molecule has 2 heteroatoms. The van der Waals surface area contributed by atoms with Gasteiger partial charge in [0.2, 0.25) is 0 Å². The number of fused-ring (bicyclic) bond motifs is 2. The first-order chi connectivity index (χ1) is 6.07. The van der Waals surface area contributed by atoms with E-state index in [1.54, 1.807) is 0 Å². The number of alkyl halides is 1. The van der Waals surface area contributed by atoms with E-state index < -0.39 is 6.17 Å². The number of hydrogen-bond donors (Lipinski definition) is 1. The summed E-state index contributed by atoms with van der Waals surface area (Å²) in [6.07, 6.45) is 2.77. The summed E-state index contributed by atoms with van der Waals surface area (Å²) in [5.41, 5.74) is 5.79. The zero-order valence-corrected chi connectivity index (χ0v) is 8.59. The van der Waals surface area contributed by atoms with E-state index in [1.807, 2.05) is 0 Å². The Hall–Kier alpha value is -0.110. The van der Waals surface area contributed by atoms with Crippen molar-refractivity contribution in [1.82, 2.24) is 0 Å². The van der Waals surface area contributed by atoms with Crippen molar-refractivity contribution >= 4 is 0 Å². The van der Waals surface area contributed by atoms with Crippen molar-refractivity contribution in [2.24, 2.45) is 28.9 Å². The molecule has 1 nitrogen and oxygen atoms in total. The van der Waals surface area contributed by atoms with E-state index in [9.17, 15) is 4.39 Å². The van der Waals surface area contributed by atoms with Crippen LogP contribution in [0.3, 0.4) is 0 Å². The van der Waals surface area contributed by atoms with Gasteiger partial charge in [-0.3, -0.25) is 0 Å². The second kappa shape index (κ2) is 2.94. The van der Waals surface area contributed by atoms with Crippen LogP contribution < -0.4 is 5.73 Å². The molecular formula is C11H20FN. The average Bonchev–Trinajstić information content (AvgIpc) is 2.16. The molecule has 4 unspecified atom stereocenters. The lowest BCUT2D eigenvalue weighted by atomic mass is 9.45. The topological polar surface area (TPSA) is 26.0 Å². The predicted octanol–water partition coefficient (Wildman–Crippen LogP) is 2.36. The highest BCUT2D eigenvalue weighted by Gasteiger charge is 2.55. The number of nitrogens with two attached hydrogens (primary N) is 1. The van der Waals surface area contributed by atoms with Gasteiger partial charge in [0.05, 0.1) is 0 Å². The molecule has 76 valence electrons. The van der Waals surface area contributed by atoms with Crippen molar-refractivity contribution < 1.29 is 4.39 Å². The van der Waals surface area contributed by atoms with Gasteiger partial charge in [0, 0.05) is 6.54 Å². The fourth-order valence-corrected chi connectivity index (χ4v) is 3.48.